The van der Waals surface area contributed by atoms with Crippen LogP contribution in [0.15, 0.2) is 24.3 Å². The smallest absolute Gasteiger partial charge is 0.239 e. The van der Waals surface area contributed by atoms with E-state index in [1.54, 1.807) is 7.11 Å². The third kappa shape index (κ3) is 5.90. The topological polar surface area (TPSA) is 67.4 Å². The average Bonchev–Trinajstić information content (AvgIpc) is 2.43. The standard InChI is InChI=1S/C14H20N2O3/c1-3-15-14(18)10-16-13(17)8-7-11-5-4-6-12(9-11)19-2/h4-6,9H,3,7-8,10H2,1-2H3,(H,15,18)(H,16,17). The van der Waals surface area contributed by atoms with Gasteiger partial charge in [0.05, 0.1) is 13.7 Å². The molecule has 0 heterocycles. The SMILES string of the molecule is CCNC(=O)CNC(=O)CCc1cccc(OC)c1. The lowest BCUT2D eigenvalue weighted by Gasteiger charge is -2.06. The number of nitrogens with one attached hydrogen (secondary N) is 2. The third-order valence-electron chi connectivity index (χ3n) is 2.59. The number of aryl methyl sites for hydroxylation is 1. The van der Waals surface area contributed by atoms with Gasteiger partial charge in [-0.05, 0) is 31.0 Å². The molecule has 0 fully saturated rings. The van der Waals surface area contributed by atoms with Gasteiger partial charge in [-0.1, -0.05) is 12.1 Å². The maximum Gasteiger partial charge on any atom is 0.239 e. The van der Waals surface area contributed by atoms with Crippen LogP contribution in [0.3, 0.4) is 0 Å². The number of benzene rings is 1. The number of ether oxygens (including phenoxy) is 1. The largest absolute Gasteiger partial charge is 0.497 e. The number of methoxy groups -OCH3 is 1. The molecule has 0 aliphatic rings. The summed E-state index contributed by atoms with van der Waals surface area (Å²) in [5.74, 6) is 0.478. The summed E-state index contributed by atoms with van der Waals surface area (Å²) in [5, 5.41) is 5.20. The fourth-order valence-electron chi connectivity index (χ4n) is 1.61. The highest BCUT2D eigenvalue weighted by molar-refractivity contribution is 5.84. The minimum atomic E-state index is -0.169. The number of likely N-dealkylation sites (N-methyl/N-ethyl adjacent to an activating group) is 1. The maximum atomic E-state index is 11.6. The van der Waals surface area contributed by atoms with Crippen molar-refractivity contribution < 1.29 is 14.3 Å². The molecule has 0 aliphatic heterocycles. The first-order valence-electron chi connectivity index (χ1n) is 6.32. The average molecular weight is 264 g/mol. The number of amides is 2. The van der Waals surface area contributed by atoms with Crippen molar-refractivity contribution in [2.45, 2.75) is 19.8 Å². The minimum absolute atomic E-state index is 0.0325. The van der Waals surface area contributed by atoms with Gasteiger partial charge in [-0.3, -0.25) is 9.59 Å². The second kappa shape index (κ2) is 8.13. The van der Waals surface area contributed by atoms with E-state index in [0.29, 0.717) is 19.4 Å². The fourth-order valence-corrected chi connectivity index (χ4v) is 1.61. The zero-order valence-electron chi connectivity index (χ0n) is 11.4. The Labute approximate surface area is 113 Å². The molecule has 0 radical (unpaired) electrons. The Balaban J connectivity index is 2.31. The van der Waals surface area contributed by atoms with Gasteiger partial charge in [-0.2, -0.15) is 0 Å². The fraction of sp³-hybridized carbons (Fsp3) is 0.429. The molecular formula is C14H20N2O3. The first kappa shape index (κ1) is 15.0. The predicted molar refractivity (Wildman–Crippen MR) is 73.0 cm³/mol. The first-order chi connectivity index (χ1) is 9.15. The highest BCUT2D eigenvalue weighted by atomic mass is 16.5. The third-order valence-corrected chi connectivity index (χ3v) is 2.59. The molecule has 0 spiro atoms. The van der Waals surface area contributed by atoms with E-state index in [-0.39, 0.29) is 18.4 Å². The molecule has 1 aromatic rings. The Bertz CT molecular complexity index is 432. The number of rotatable bonds is 7. The summed E-state index contributed by atoms with van der Waals surface area (Å²) in [5.41, 5.74) is 1.03. The molecule has 104 valence electrons. The van der Waals surface area contributed by atoms with Gasteiger partial charge in [-0.15, -0.1) is 0 Å². The summed E-state index contributed by atoms with van der Waals surface area (Å²) < 4.78 is 5.11. The Morgan fingerprint density at radius 2 is 2.00 bits per heavy atom. The van der Waals surface area contributed by atoms with Crippen LogP contribution in [-0.4, -0.2) is 32.0 Å². The molecule has 1 aromatic carbocycles. The second-order valence-electron chi connectivity index (χ2n) is 4.08. The lowest BCUT2D eigenvalue weighted by atomic mass is 10.1. The van der Waals surface area contributed by atoms with Crippen molar-refractivity contribution in [1.29, 1.82) is 0 Å². The summed E-state index contributed by atoms with van der Waals surface area (Å²) in [6, 6.07) is 7.59. The number of hydrogen-bond acceptors (Lipinski definition) is 3. The van der Waals surface area contributed by atoms with Crippen LogP contribution in [-0.2, 0) is 16.0 Å². The van der Waals surface area contributed by atoms with Gasteiger partial charge in [0, 0.05) is 13.0 Å². The van der Waals surface area contributed by atoms with Crippen LogP contribution in [0.5, 0.6) is 5.75 Å². The van der Waals surface area contributed by atoms with Gasteiger partial charge < -0.3 is 15.4 Å². The molecule has 0 atom stereocenters. The molecule has 5 heteroatoms. The van der Waals surface area contributed by atoms with Crippen LogP contribution >= 0.6 is 0 Å². The molecule has 0 saturated heterocycles. The van der Waals surface area contributed by atoms with Gasteiger partial charge in [0.1, 0.15) is 5.75 Å². The summed E-state index contributed by atoms with van der Waals surface area (Å²) in [7, 11) is 1.61. The van der Waals surface area contributed by atoms with Crippen LogP contribution in [0.2, 0.25) is 0 Å². The zero-order chi connectivity index (χ0) is 14.1. The van der Waals surface area contributed by atoms with Gasteiger partial charge in [0.2, 0.25) is 11.8 Å². The van der Waals surface area contributed by atoms with E-state index in [4.69, 9.17) is 4.74 Å². The summed E-state index contributed by atoms with van der Waals surface area (Å²) >= 11 is 0. The van der Waals surface area contributed by atoms with Crippen LogP contribution in [0.1, 0.15) is 18.9 Å². The van der Waals surface area contributed by atoms with Crippen molar-refractivity contribution in [3.05, 3.63) is 29.8 Å². The van der Waals surface area contributed by atoms with Gasteiger partial charge in [-0.25, -0.2) is 0 Å². The normalized spacial score (nSPS) is 9.79. The molecule has 0 aliphatic carbocycles. The van der Waals surface area contributed by atoms with E-state index in [0.717, 1.165) is 11.3 Å². The monoisotopic (exact) mass is 264 g/mol. The lowest BCUT2D eigenvalue weighted by Crippen LogP contribution is -2.36. The highest BCUT2D eigenvalue weighted by Crippen LogP contribution is 2.13. The Morgan fingerprint density at radius 1 is 1.21 bits per heavy atom. The van der Waals surface area contributed by atoms with Crippen molar-refractivity contribution in [2.24, 2.45) is 0 Å². The van der Waals surface area contributed by atoms with Crippen LogP contribution in [0.4, 0.5) is 0 Å². The van der Waals surface area contributed by atoms with Crippen molar-refractivity contribution in [3.63, 3.8) is 0 Å². The molecule has 0 aromatic heterocycles. The lowest BCUT2D eigenvalue weighted by molar-refractivity contribution is -0.126. The second-order valence-corrected chi connectivity index (χ2v) is 4.08. The Kier molecular flexibility index (Phi) is 6.43. The van der Waals surface area contributed by atoms with Crippen molar-refractivity contribution in [3.8, 4) is 5.75 Å². The Morgan fingerprint density at radius 3 is 2.68 bits per heavy atom. The molecule has 19 heavy (non-hydrogen) atoms. The minimum Gasteiger partial charge on any atom is -0.497 e. The van der Waals surface area contributed by atoms with Crippen molar-refractivity contribution >= 4 is 11.8 Å². The van der Waals surface area contributed by atoms with E-state index in [2.05, 4.69) is 10.6 Å². The number of carbonyl (C=O) groups is 2. The van der Waals surface area contributed by atoms with E-state index >= 15 is 0 Å². The molecule has 0 unspecified atom stereocenters. The highest BCUT2D eigenvalue weighted by Gasteiger charge is 2.05. The molecule has 1 rings (SSSR count). The number of hydrogen-bond donors (Lipinski definition) is 2. The zero-order valence-corrected chi connectivity index (χ0v) is 11.4. The molecule has 0 saturated carbocycles. The van der Waals surface area contributed by atoms with Crippen LogP contribution in [0, 0.1) is 0 Å². The number of carbonyl (C=O) groups excluding carboxylic acids is 2. The van der Waals surface area contributed by atoms with Gasteiger partial charge in [0.15, 0.2) is 0 Å². The van der Waals surface area contributed by atoms with E-state index < -0.39 is 0 Å². The molecule has 0 bridgehead atoms. The van der Waals surface area contributed by atoms with Crippen LogP contribution < -0.4 is 15.4 Å². The molecule has 2 amide bonds. The van der Waals surface area contributed by atoms with Crippen molar-refractivity contribution in [2.75, 3.05) is 20.2 Å². The predicted octanol–water partition coefficient (Wildman–Crippen LogP) is 0.880. The van der Waals surface area contributed by atoms with Gasteiger partial charge in [0.25, 0.3) is 0 Å². The molecule has 2 N–H and O–H groups in total. The van der Waals surface area contributed by atoms with E-state index in [9.17, 15) is 9.59 Å². The first-order valence-corrected chi connectivity index (χ1v) is 6.32. The Hall–Kier alpha value is -2.04. The van der Waals surface area contributed by atoms with Gasteiger partial charge >= 0.3 is 0 Å². The maximum absolute atomic E-state index is 11.6. The molecular weight excluding hydrogens is 244 g/mol. The quantitative estimate of drug-likeness (QED) is 0.768. The van der Waals surface area contributed by atoms with Crippen LogP contribution in [0.25, 0.3) is 0 Å². The van der Waals surface area contributed by atoms with E-state index in [1.807, 2.05) is 31.2 Å². The summed E-state index contributed by atoms with van der Waals surface area (Å²) in [6.45, 7) is 2.44. The molecule has 5 nitrogen and oxygen atoms in total. The summed E-state index contributed by atoms with van der Waals surface area (Å²) in [6.07, 6.45) is 0.977. The van der Waals surface area contributed by atoms with Crippen molar-refractivity contribution in [1.82, 2.24) is 10.6 Å². The summed E-state index contributed by atoms with van der Waals surface area (Å²) in [4.78, 5) is 22.7. The van der Waals surface area contributed by atoms with E-state index in [1.165, 1.54) is 0 Å².